The highest BCUT2D eigenvalue weighted by Crippen LogP contribution is 2.57. The number of nitrogens with zero attached hydrogens (tertiary/aromatic N) is 1. The van der Waals surface area contributed by atoms with Crippen molar-refractivity contribution in [1.82, 2.24) is 4.90 Å². The Morgan fingerprint density at radius 1 is 1.38 bits per heavy atom. The molecule has 0 amide bonds. The van der Waals surface area contributed by atoms with E-state index >= 15 is 0 Å². The molecule has 4 nitrogen and oxygen atoms in total. The number of methoxy groups -OCH3 is 1. The molecule has 4 heteroatoms. The molecular weight excluding hydrogens is 264 g/mol. The molecule has 1 aliphatic carbocycles. The van der Waals surface area contributed by atoms with Gasteiger partial charge in [-0.25, -0.2) is 0 Å². The molecule has 0 radical (unpaired) electrons. The van der Waals surface area contributed by atoms with Gasteiger partial charge < -0.3 is 20.1 Å². The van der Waals surface area contributed by atoms with Gasteiger partial charge in [-0.3, -0.25) is 0 Å². The molecule has 1 saturated carbocycles. The molecule has 1 spiro atoms. The van der Waals surface area contributed by atoms with E-state index in [1.54, 1.807) is 7.11 Å². The number of ether oxygens (including phenoxy) is 2. The first-order valence-electron chi connectivity index (χ1n) is 7.95. The summed E-state index contributed by atoms with van der Waals surface area (Å²) in [6.07, 6.45) is 4.58. The van der Waals surface area contributed by atoms with Gasteiger partial charge in [0, 0.05) is 30.0 Å². The quantitative estimate of drug-likeness (QED) is 0.859. The van der Waals surface area contributed by atoms with Crippen molar-refractivity contribution in [3.05, 3.63) is 23.3 Å². The summed E-state index contributed by atoms with van der Waals surface area (Å²) in [5, 5.41) is 0. The molecule has 1 fully saturated rings. The average molecular weight is 288 g/mol. The molecule has 0 aromatic heterocycles. The van der Waals surface area contributed by atoms with Crippen molar-refractivity contribution >= 4 is 0 Å². The zero-order chi connectivity index (χ0) is 14.6. The van der Waals surface area contributed by atoms with E-state index in [4.69, 9.17) is 15.2 Å². The Bertz CT molecular complexity index is 574. The van der Waals surface area contributed by atoms with Crippen molar-refractivity contribution in [3.8, 4) is 11.5 Å². The molecule has 2 heterocycles. The van der Waals surface area contributed by atoms with Gasteiger partial charge in [0.2, 0.25) is 0 Å². The summed E-state index contributed by atoms with van der Waals surface area (Å²) in [6.45, 7) is 2.11. The summed E-state index contributed by atoms with van der Waals surface area (Å²) in [4.78, 5) is 2.42. The zero-order valence-corrected chi connectivity index (χ0v) is 12.9. The van der Waals surface area contributed by atoms with Crippen molar-refractivity contribution in [2.45, 2.75) is 49.8 Å². The molecule has 114 valence electrons. The lowest BCUT2D eigenvalue weighted by atomic mass is 9.65. The van der Waals surface area contributed by atoms with Gasteiger partial charge in [0.25, 0.3) is 0 Å². The first kappa shape index (κ1) is 13.4. The summed E-state index contributed by atoms with van der Waals surface area (Å²) in [7, 11) is 3.93. The third-order valence-electron chi connectivity index (χ3n) is 5.66. The Balaban J connectivity index is 1.90. The summed E-state index contributed by atoms with van der Waals surface area (Å²) in [6, 6.07) is 4.55. The lowest BCUT2D eigenvalue weighted by Crippen LogP contribution is -2.48. The van der Waals surface area contributed by atoms with Gasteiger partial charge in [0.05, 0.1) is 7.11 Å². The van der Waals surface area contributed by atoms with E-state index < -0.39 is 0 Å². The second-order valence-electron chi connectivity index (χ2n) is 6.92. The van der Waals surface area contributed by atoms with Crippen LogP contribution in [0.1, 0.15) is 36.8 Å². The Kier molecular flexibility index (Phi) is 2.95. The first-order valence-corrected chi connectivity index (χ1v) is 7.95. The van der Waals surface area contributed by atoms with Crippen molar-refractivity contribution in [2.24, 2.45) is 5.73 Å². The predicted molar refractivity (Wildman–Crippen MR) is 81.9 cm³/mol. The average Bonchev–Trinajstić information content (AvgIpc) is 2.72. The van der Waals surface area contributed by atoms with Gasteiger partial charge in [0.1, 0.15) is 6.10 Å². The van der Waals surface area contributed by atoms with E-state index in [1.807, 2.05) is 0 Å². The lowest BCUT2D eigenvalue weighted by Gasteiger charge is -2.40. The Morgan fingerprint density at radius 3 is 3.05 bits per heavy atom. The highest BCUT2D eigenvalue weighted by molar-refractivity contribution is 5.58. The second kappa shape index (κ2) is 4.62. The van der Waals surface area contributed by atoms with E-state index in [0.29, 0.717) is 0 Å². The van der Waals surface area contributed by atoms with Crippen LogP contribution in [-0.2, 0) is 12.0 Å². The van der Waals surface area contributed by atoms with Crippen LogP contribution < -0.4 is 15.2 Å². The molecule has 1 unspecified atom stereocenters. The smallest absolute Gasteiger partial charge is 0.165 e. The molecular formula is C17H24N2O2. The SMILES string of the molecule is COc1ccc2c3c1O[C@H]1CC(N)CC[C@@]31CCN(C)C2. The van der Waals surface area contributed by atoms with Crippen molar-refractivity contribution < 1.29 is 9.47 Å². The molecule has 1 aromatic rings. The molecule has 0 saturated heterocycles. The summed E-state index contributed by atoms with van der Waals surface area (Å²) >= 11 is 0. The minimum Gasteiger partial charge on any atom is -0.493 e. The van der Waals surface area contributed by atoms with E-state index in [9.17, 15) is 0 Å². The maximum atomic E-state index is 6.39. The fourth-order valence-electron chi connectivity index (χ4n) is 4.54. The summed E-state index contributed by atoms with van der Waals surface area (Å²) < 4.78 is 11.9. The van der Waals surface area contributed by atoms with Crippen LogP contribution in [0.2, 0.25) is 0 Å². The minimum absolute atomic E-state index is 0.153. The Morgan fingerprint density at radius 2 is 2.24 bits per heavy atom. The van der Waals surface area contributed by atoms with Gasteiger partial charge in [0.15, 0.2) is 11.5 Å². The number of benzene rings is 1. The van der Waals surface area contributed by atoms with Crippen LogP contribution in [0, 0.1) is 0 Å². The summed E-state index contributed by atoms with van der Waals surface area (Å²) in [5.74, 6) is 1.87. The van der Waals surface area contributed by atoms with Crippen LogP contribution in [0.3, 0.4) is 0 Å². The second-order valence-corrected chi connectivity index (χ2v) is 6.92. The van der Waals surface area contributed by atoms with Gasteiger partial charge in [-0.15, -0.1) is 0 Å². The lowest BCUT2D eigenvalue weighted by molar-refractivity contribution is 0.0781. The number of hydrogen-bond acceptors (Lipinski definition) is 4. The molecule has 21 heavy (non-hydrogen) atoms. The normalized spacial score (nSPS) is 34.6. The summed E-state index contributed by atoms with van der Waals surface area (Å²) in [5.41, 5.74) is 9.19. The molecule has 2 aliphatic heterocycles. The van der Waals surface area contributed by atoms with Crippen molar-refractivity contribution in [3.63, 3.8) is 0 Å². The van der Waals surface area contributed by atoms with Crippen LogP contribution in [0.4, 0.5) is 0 Å². The van der Waals surface area contributed by atoms with Crippen LogP contribution in [0.15, 0.2) is 12.1 Å². The fourth-order valence-corrected chi connectivity index (χ4v) is 4.54. The fraction of sp³-hybridized carbons (Fsp3) is 0.647. The molecule has 0 bridgehead atoms. The highest BCUT2D eigenvalue weighted by Gasteiger charge is 2.54. The predicted octanol–water partition coefficient (Wildman–Crippen LogP) is 2.04. The molecule has 3 atom stereocenters. The Hall–Kier alpha value is -1.26. The van der Waals surface area contributed by atoms with E-state index in [2.05, 4.69) is 24.1 Å². The van der Waals surface area contributed by atoms with Crippen molar-refractivity contribution in [1.29, 1.82) is 0 Å². The largest absolute Gasteiger partial charge is 0.493 e. The van der Waals surface area contributed by atoms with E-state index in [-0.39, 0.29) is 17.6 Å². The number of hydrogen-bond donors (Lipinski definition) is 1. The highest BCUT2D eigenvalue weighted by atomic mass is 16.5. The number of rotatable bonds is 1. The van der Waals surface area contributed by atoms with Crippen molar-refractivity contribution in [2.75, 3.05) is 20.7 Å². The third-order valence-corrected chi connectivity index (χ3v) is 5.66. The third kappa shape index (κ3) is 1.82. The maximum absolute atomic E-state index is 6.39. The zero-order valence-electron chi connectivity index (χ0n) is 12.9. The first-order chi connectivity index (χ1) is 10.1. The molecule has 4 rings (SSSR count). The van der Waals surface area contributed by atoms with Crippen LogP contribution in [0.5, 0.6) is 11.5 Å². The standard InChI is InChI=1S/C17H24N2O2/c1-19-8-7-17-6-5-12(18)9-14(17)21-16-13(20-2)4-3-11(10-19)15(16)17/h3-4,12,14H,5-10,18H2,1-2H3/t12?,14-,17-/m0/s1. The van der Waals surface area contributed by atoms with Gasteiger partial charge in [-0.2, -0.15) is 0 Å². The van der Waals surface area contributed by atoms with Crippen LogP contribution in [0.25, 0.3) is 0 Å². The van der Waals surface area contributed by atoms with E-state index in [0.717, 1.165) is 50.3 Å². The van der Waals surface area contributed by atoms with E-state index in [1.165, 1.54) is 11.1 Å². The molecule has 1 aromatic carbocycles. The van der Waals surface area contributed by atoms with Gasteiger partial charge in [-0.1, -0.05) is 6.07 Å². The minimum atomic E-state index is 0.153. The van der Waals surface area contributed by atoms with Gasteiger partial charge in [-0.05, 0) is 44.5 Å². The van der Waals surface area contributed by atoms with Gasteiger partial charge >= 0.3 is 0 Å². The Labute approximate surface area is 126 Å². The molecule has 3 aliphatic rings. The molecule has 2 N–H and O–H groups in total. The maximum Gasteiger partial charge on any atom is 0.165 e. The van der Waals surface area contributed by atoms with Crippen LogP contribution >= 0.6 is 0 Å². The topological polar surface area (TPSA) is 47.7 Å². The number of nitrogens with two attached hydrogens (primary N) is 1. The monoisotopic (exact) mass is 288 g/mol. The van der Waals surface area contributed by atoms with Crippen LogP contribution in [-0.4, -0.2) is 37.7 Å².